The van der Waals surface area contributed by atoms with Crippen LogP contribution in [0, 0.1) is 5.92 Å². The number of carbonyl (C=O) groups is 2. The molecule has 2 aliphatic rings. The molecule has 1 N–H and O–H groups in total. The van der Waals surface area contributed by atoms with Crippen LogP contribution >= 0.6 is 0 Å². The quantitative estimate of drug-likeness (QED) is 0.906. The summed E-state index contributed by atoms with van der Waals surface area (Å²) < 4.78 is 0. The number of anilines is 1. The van der Waals surface area contributed by atoms with Crippen LogP contribution in [0.1, 0.15) is 29.6 Å². The molecule has 6 heteroatoms. The van der Waals surface area contributed by atoms with E-state index in [1.54, 1.807) is 18.3 Å². The van der Waals surface area contributed by atoms with Crippen LogP contribution in [0.15, 0.2) is 18.3 Å². The van der Waals surface area contributed by atoms with Gasteiger partial charge in [0, 0.05) is 32.4 Å². The first-order chi connectivity index (χ1) is 10.2. The van der Waals surface area contributed by atoms with Crippen LogP contribution in [0.25, 0.3) is 0 Å². The zero-order chi connectivity index (χ0) is 14.8. The van der Waals surface area contributed by atoms with Gasteiger partial charge >= 0.3 is 5.97 Å². The maximum atomic E-state index is 12.6. The Morgan fingerprint density at radius 3 is 2.67 bits per heavy atom. The summed E-state index contributed by atoms with van der Waals surface area (Å²) in [7, 11) is 0. The summed E-state index contributed by atoms with van der Waals surface area (Å²) in [6.45, 7) is 2.65. The molecule has 2 aliphatic heterocycles. The van der Waals surface area contributed by atoms with E-state index in [-0.39, 0.29) is 11.8 Å². The molecule has 0 aromatic carbocycles. The summed E-state index contributed by atoms with van der Waals surface area (Å²) in [5, 5.41) is 9.11. The second-order valence-electron chi connectivity index (χ2n) is 5.64. The second kappa shape index (κ2) is 5.71. The summed E-state index contributed by atoms with van der Waals surface area (Å²) in [6.07, 6.45) is 4.35. The van der Waals surface area contributed by atoms with E-state index in [4.69, 9.17) is 5.11 Å². The van der Waals surface area contributed by atoms with E-state index in [9.17, 15) is 9.59 Å². The van der Waals surface area contributed by atoms with Gasteiger partial charge in [0.05, 0.1) is 11.5 Å². The predicted molar refractivity (Wildman–Crippen MR) is 77.3 cm³/mol. The van der Waals surface area contributed by atoms with Crippen molar-refractivity contribution in [2.24, 2.45) is 5.92 Å². The highest BCUT2D eigenvalue weighted by atomic mass is 16.4. The van der Waals surface area contributed by atoms with Crippen LogP contribution < -0.4 is 4.90 Å². The first-order valence-corrected chi connectivity index (χ1v) is 7.39. The molecular weight excluding hydrogens is 270 g/mol. The molecule has 3 heterocycles. The fraction of sp³-hybridized carbons (Fsp3) is 0.533. The molecule has 21 heavy (non-hydrogen) atoms. The average molecular weight is 289 g/mol. The minimum atomic E-state index is -0.777. The first kappa shape index (κ1) is 13.9. The molecule has 1 unspecified atom stereocenters. The summed E-state index contributed by atoms with van der Waals surface area (Å²) in [6, 6.07) is 3.55. The van der Waals surface area contributed by atoms with Gasteiger partial charge in [-0.3, -0.25) is 9.59 Å². The molecular formula is C15H19N3O3. The number of carboxylic acids is 1. The van der Waals surface area contributed by atoms with Crippen molar-refractivity contribution in [1.29, 1.82) is 0 Å². The molecule has 1 aromatic rings. The molecule has 0 radical (unpaired) electrons. The molecule has 0 spiro atoms. The minimum absolute atomic E-state index is 0.00868. The number of carboxylic acid groups (broad SMARTS) is 1. The lowest BCUT2D eigenvalue weighted by Crippen LogP contribution is -2.31. The van der Waals surface area contributed by atoms with Gasteiger partial charge in [-0.15, -0.1) is 0 Å². The van der Waals surface area contributed by atoms with Crippen molar-refractivity contribution in [2.45, 2.75) is 19.3 Å². The van der Waals surface area contributed by atoms with Crippen LogP contribution in [0.4, 0.5) is 5.82 Å². The third kappa shape index (κ3) is 2.70. The van der Waals surface area contributed by atoms with Crippen LogP contribution in [0.5, 0.6) is 0 Å². The van der Waals surface area contributed by atoms with Crippen LogP contribution in [0.2, 0.25) is 0 Å². The minimum Gasteiger partial charge on any atom is -0.481 e. The van der Waals surface area contributed by atoms with Gasteiger partial charge in [0.2, 0.25) is 0 Å². The fourth-order valence-corrected chi connectivity index (χ4v) is 3.06. The average Bonchev–Trinajstić information content (AvgIpc) is 3.18. The number of aromatic nitrogens is 1. The molecule has 1 amide bonds. The van der Waals surface area contributed by atoms with Crippen molar-refractivity contribution in [1.82, 2.24) is 9.88 Å². The summed E-state index contributed by atoms with van der Waals surface area (Å²) in [4.78, 5) is 31.8. The standard InChI is InChI=1S/C15H19N3O3/c19-14(17-7-1-2-8-17)12-4-3-6-16-13(12)18-9-5-11(10-18)15(20)21/h3-4,6,11H,1-2,5,7-10H2,(H,20,21). The Kier molecular flexibility index (Phi) is 3.77. The zero-order valence-electron chi connectivity index (χ0n) is 11.9. The number of rotatable bonds is 3. The Balaban J connectivity index is 1.83. The molecule has 6 nitrogen and oxygen atoms in total. The SMILES string of the molecule is O=C(O)C1CCN(c2ncccc2C(=O)N2CCCC2)C1. The highest BCUT2D eigenvalue weighted by Gasteiger charge is 2.31. The van der Waals surface area contributed by atoms with Gasteiger partial charge in [-0.1, -0.05) is 0 Å². The second-order valence-corrected chi connectivity index (χ2v) is 5.64. The van der Waals surface area contributed by atoms with E-state index in [1.165, 1.54) is 0 Å². The highest BCUT2D eigenvalue weighted by Crippen LogP contribution is 2.26. The lowest BCUT2D eigenvalue weighted by molar-refractivity contribution is -0.140. The largest absolute Gasteiger partial charge is 0.481 e. The lowest BCUT2D eigenvalue weighted by atomic mass is 10.1. The Morgan fingerprint density at radius 1 is 1.24 bits per heavy atom. The van der Waals surface area contributed by atoms with Gasteiger partial charge in [0.25, 0.3) is 5.91 Å². The lowest BCUT2D eigenvalue weighted by Gasteiger charge is -2.22. The van der Waals surface area contributed by atoms with E-state index < -0.39 is 5.97 Å². The van der Waals surface area contributed by atoms with Crippen molar-refractivity contribution in [3.05, 3.63) is 23.9 Å². The number of amides is 1. The zero-order valence-corrected chi connectivity index (χ0v) is 11.9. The number of hydrogen-bond acceptors (Lipinski definition) is 4. The van der Waals surface area contributed by atoms with Crippen LogP contribution in [-0.4, -0.2) is 53.0 Å². The number of nitrogens with zero attached hydrogens (tertiary/aromatic N) is 3. The van der Waals surface area contributed by atoms with E-state index in [0.29, 0.717) is 30.9 Å². The number of pyridine rings is 1. The van der Waals surface area contributed by atoms with E-state index in [2.05, 4.69) is 4.98 Å². The van der Waals surface area contributed by atoms with Crippen molar-refractivity contribution in [2.75, 3.05) is 31.1 Å². The van der Waals surface area contributed by atoms with Crippen molar-refractivity contribution < 1.29 is 14.7 Å². The van der Waals surface area contributed by atoms with Gasteiger partial charge in [0.1, 0.15) is 5.82 Å². The molecule has 1 atom stereocenters. The predicted octanol–water partition coefficient (Wildman–Crippen LogP) is 1.23. The van der Waals surface area contributed by atoms with Crippen molar-refractivity contribution in [3.8, 4) is 0 Å². The Hall–Kier alpha value is -2.11. The van der Waals surface area contributed by atoms with Gasteiger partial charge in [-0.2, -0.15) is 0 Å². The molecule has 3 rings (SSSR count). The van der Waals surface area contributed by atoms with Crippen LogP contribution in [0.3, 0.4) is 0 Å². The number of hydrogen-bond donors (Lipinski definition) is 1. The fourth-order valence-electron chi connectivity index (χ4n) is 3.06. The normalized spacial score (nSPS) is 21.8. The number of carbonyl (C=O) groups excluding carboxylic acids is 1. The molecule has 0 aliphatic carbocycles. The van der Waals surface area contributed by atoms with Crippen molar-refractivity contribution in [3.63, 3.8) is 0 Å². The highest BCUT2D eigenvalue weighted by molar-refractivity contribution is 5.99. The summed E-state index contributed by atoms with van der Waals surface area (Å²) >= 11 is 0. The topological polar surface area (TPSA) is 73.7 Å². The molecule has 1 aromatic heterocycles. The van der Waals surface area contributed by atoms with E-state index >= 15 is 0 Å². The van der Waals surface area contributed by atoms with Gasteiger partial charge in [0.15, 0.2) is 0 Å². The van der Waals surface area contributed by atoms with Gasteiger partial charge in [-0.25, -0.2) is 4.98 Å². The third-order valence-corrected chi connectivity index (χ3v) is 4.25. The van der Waals surface area contributed by atoms with Gasteiger partial charge < -0.3 is 14.9 Å². The molecule has 0 saturated carbocycles. The molecule has 0 bridgehead atoms. The summed E-state index contributed by atoms with van der Waals surface area (Å²) in [5.41, 5.74) is 0.588. The molecule has 2 saturated heterocycles. The smallest absolute Gasteiger partial charge is 0.308 e. The Labute approximate surface area is 123 Å². The Bertz CT molecular complexity index is 555. The monoisotopic (exact) mass is 289 g/mol. The third-order valence-electron chi connectivity index (χ3n) is 4.25. The number of likely N-dealkylation sites (tertiary alicyclic amines) is 1. The maximum Gasteiger partial charge on any atom is 0.308 e. The maximum absolute atomic E-state index is 12.6. The van der Waals surface area contributed by atoms with Crippen molar-refractivity contribution >= 4 is 17.7 Å². The first-order valence-electron chi connectivity index (χ1n) is 7.39. The van der Waals surface area contributed by atoms with Crippen LogP contribution in [-0.2, 0) is 4.79 Å². The van der Waals surface area contributed by atoms with E-state index in [1.807, 2.05) is 9.80 Å². The summed E-state index contributed by atoms with van der Waals surface area (Å²) in [5.74, 6) is -0.518. The molecule has 2 fully saturated rings. The Morgan fingerprint density at radius 2 is 2.00 bits per heavy atom. The molecule has 112 valence electrons. The van der Waals surface area contributed by atoms with Gasteiger partial charge in [-0.05, 0) is 31.4 Å². The van der Waals surface area contributed by atoms with E-state index in [0.717, 1.165) is 25.9 Å². The number of aliphatic carboxylic acids is 1.